The summed E-state index contributed by atoms with van der Waals surface area (Å²) in [4.78, 5) is 33.3. The summed E-state index contributed by atoms with van der Waals surface area (Å²) >= 11 is 0. The van der Waals surface area contributed by atoms with E-state index in [1.54, 1.807) is 0 Å². The Morgan fingerprint density at radius 1 is 1.12 bits per heavy atom. The molecule has 0 saturated carbocycles. The van der Waals surface area contributed by atoms with E-state index in [9.17, 15) is 9.59 Å². The fraction of sp³-hybridized carbons (Fsp3) is 0.440. The molecule has 5 rings (SSSR count). The van der Waals surface area contributed by atoms with E-state index >= 15 is 0 Å². The molecule has 2 saturated heterocycles. The van der Waals surface area contributed by atoms with Crippen LogP contribution in [0.2, 0.25) is 0 Å². The number of nitrogens with one attached hydrogen (secondary N) is 3. The van der Waals surface area contributed by atoms with Gasteiger partial charge in [-0.1, -0.05) is 12.1 Å². The van der Waals surface area contributed by atoms with Gasteiger partial charge >= 0.3 is 0 Å². The average Bonchev–Trinajstić information content (AvgIpc) is 3.34. The number of nitrogens with zero attached hydrogens (tertiary/aromatic N) is 2. The highest BCUT2D eigenvalue weighted by atomic mass is 16.2. The van der Waals surface area contributed by atoms with Gasteiger partial charge in [-0.2, -0.15) is 0 Å². The van der Waals surface area contributed by atoms with E-state index in [2.05, 4.69) is 33.6 Å². The Balaban J connectivity index is 1.47. The van der Waals surface area contributed by atoms with Crippen molar-refractivity contribution in [3.8, 4) is 0 Å². The standard InChI is InChI=1S/C25H31N5O2/c1-16-14-22(25(32)30-12-10-29(2)11-13-30)27-21(16)15-19-23-18(17-6-8-26-9-7-17)4-3-5-20(23)28-24(19)31/h3-5,14-15,17,26-27H,6-13H2,1-2H3,(H,28,31)/b19-15-. The molecule has 2 amide bonds. The molecule has 7 heteroatoms. The van der Waals surface area contributed by atoms with Crippen LogP contribution >= 0.6 is 0 Å². The number of piperidine rings is 1. The number of rotatable bonds is 3. The molecular formula is C25H31N5O2. The van der Waals surface area contributed by atoms with Gasteiger partial charge in [0.1, 0.15) is 5.69 Å². The number of benzene rings is 1. The highest BCUT2D eigenvalue weighted by molar-refractivity contribution is 6.35. The summed E-state index contributed by atoms with van der Waals surface area (Å²) in [7, 11) is 2.08. The van der Waals surface area contributed by atoms with Crippen LogP contribution in [0.4, 0.5) is 5.69 Å². The summed E-state index contributed by atoms with van der Waals surface area (Å²) in [6, 6.07) is 8.07. The SMILES string of the molecule is Cc1cc(C(=O)N2CCN(C)CC2)[nH]c1/C=C1\C(=O)Nc2cccc(C3CCNCC3)c21. The van der Waals surface area contributed by atoms with Gasteiger partial charge in [0.2, 0.25) is 0 Å². The summed E-state index contributed by atoms with van der Waals surface area (Å²) in [5.74, 6) is 0.390. The van der Waals surface area contributed by atoms with E-state index in [0.29, 0.717) is 17.2 Å². The van der Waals surface area contributed by atoms with Crippen LogP contribution < -0.4 is 10.6 Å². The number of hydrogen-bond acceptors (Lipinski definition) is 4. The molecule has 2 fully saturated rings. The zero-order valence-corrected chi connectivity index (χ0v) is 18.8. The Kier molecular flexibility index (Phi) is 5.61. The number of aryl methyl sites for hydroxylation is 1. The Labute approximate surface area is 188 Å². The third kappa shape index (κ3) is 3.87. The number of piperazine rings is 1. The summed E-state index contributed by atoms with van der Waals surface area (Å²) in [5, 5.41) is 6.46. The van der Waals surface area contributed by atoms with E-state index < -0.39 is 0 Å². The fourth-order valence-electron chi connectivity index (χ4n) is 5.05. The van der Waals surface area contributed by atoms with Gasteiger partial charge in [-0.05, 0) is 75.2 Å². The van der Waals surface area contributed by atoms with Crippen molar-refractivity contribution in [2.45, 2.75) is 25.7 Å². The summed E-state index contributed by atoms with van der Waals surface area (Å²) < 4.78 is 0. The number of H-pyrrole nitrogens is 1. The first-order valence-electron chi connectivity index (χ1n) is 11.6. The highest BCUT2D eigenvalue weighted by Gasteiger charge is 2.30. The lowest BCUT2D eigenvalue weighted by atomic mass is 9.85. The lowest BCUT2D eigenvalue weighted by Crippen LogP contribution is -2.47. The maximum absolute atomic E-state index is 13.0. The number of aromatic amines is 1. The molecule has 32 heavy (non-hydrogen) atoms. The topological polar surface area (TPSA) is 80.5 Å². The molecule has 0 unspecified atom stereocenters. The Hall–Kier alpha value is -2.90. The van der Waals surface area contributed by atoms with Crippen LogP contribution in [0.5, 0.6) is 0 Å². The third-order valence-electron chi connectivity index (χ3n) is 7.00. The smallest absolute Gasteiger partial charge is 0.270 e. The van der Waals surface area contributed by atoms with Crippen molar-refractivity contribution in [1.82, 2.24) is 20.1 Å². The second-order valence-corrected chi connectivity index (χ2v) is 9.18. The molecule has 7 nitrogen and oxygen atoms in total. The third-order valence-corrected chi connectivity index (χ3v) is 7.00. The Morgan fingerprint density at radius 2 is 1.88 bits per heavy atom. The summed E-state index contributed by atoms with van der Waals surface area (Å²) in [6.45, 7) is 7.23. The van der Waals surface area contributed by atoms with Gasteiger partial charge in [0.25, 0.3) is 11.8 Å². The van der Waals surface area contributed by atoms with Crippen molar-refractivity contribution in [2.75, 3.05) is 51.6 Å². The average molecular weight is 434 g/mol. The molecule has 1 aromatic carbocycles. The van der Waals surface area contributed by atoms with Gasteiger partial charge in [0, 0.05) is 43.1 Å². The van der Waals surface area contributed by atoms with Crippen LogP contribution in [0.15, 0.2) is 24.3 Å². The van der Waals surface area contributed by atoms with Gasteiger partial charge < -0.3 is 25.4 Å². The van der Waals surface area contributed by atoms with Crippen molar-refractivity contribution in [1.29, 1.82) is 0 Å². The zero-order chi connectivity index (χ0) is 22.2. The van der Waals surface area contributed by atoms with Gasteiger partial charge in [-0.25, -0.2) is 0 Å². The number of amides is 2. The van der Waals surface area contributed by atoms with E-state index in [1.807, 2.05) is 36.1 Å². The molecule has 3 N–H and O–H groups in total. The molecular weight excluding hydrogens is 402 g/mol. The van der Waals surface area contributed by atoms with Crippen molar-refractivity contribution in [2.24, 2.45) is 0 Å². The first-order valence-corrected chi connectivity index (χ1v) is 11.6. The Bertz CT molecular complexity index is 1070. The van der Waals surface area contributed by atoms with Gasteiger partial charge in [-0.15, -0.1) is 0 Å². The number of carbonyl (C=O) groups excluding carboxylic acids is 2. The van der Waals surface area contributed by atoms with Crippen LogP contribution in [0.1, 0.15) is 51.6 Å². The van der Waals surface area contributed by atoms with Crippen molar-refractivity contribution in [3.63, 3.8) is 0 Å². The van der Waals surface area contributed by atoms with Crippen LogP contribution in [0, 0.1) is 6.92 Å². The molecule has 0 atom stereocenters. The Morgan fingerprint density at radius 3 is 2.62 bits per heavy atom. The first-order chi connectivity index (χ1) is 15.5. The maximum Gasteiger partial charge on any atom is 0.270 e. The molecule has 3 aliphatic heterocycles. The molecule has 0 aliphatic carbocycles. The number of fused-ring (bicyclic) bond motifs is 1. The number of aromatic nitrogens is 1. The minimum atomic E-state index is -0.0812. The van der Waals surface area contributed by atoms with E-state index in [4.69, 9.17) is 0 Å². The van der Waals surface area contributed by atoms with Gasteiger partial charge in [0.15, 0.2) is 0 Å². The molecule has 0 bridgehead atoms. The summed E-state index contributed by atoms with van der Waals surface area (Å²) in [6.07, 6.45) is 4.06. The van der Waals surface area contributed by atoms with Crippen LogP contribution in [0.25, 0.3) is 11.6 Å². The van der Waals surface area contributed by atoms with Gasteiger partial charge in [0.05, 0.1) is 5.57 Å². The predicted octanol–water partition coefficient (Wildman–Crippen LogP) is 2.67. The molecule has 2 aromatic rings. The maximum atomic E-state index is 13.0. The van der Waals surface area contributed by atoms with Crippen molar-refractivity contribution in [3.05, 3.63) is 52.3 Å². The molecule has 4 heterocycles. The number of hydrogen-bond donors (Lipinski definition) is 3. The minimum absolute atomic E-state index is 0.0255. The second kappa shape index (κ2) is 8.56. The monoisotopic (exact) mass is 433 g/mol. The van der Waals surface area contributed by atoms with E-state index in [1.165, 1.54) is 5.56 Å². The first kappa shape index (κ1) is 21.0. The molecule has 168 valence electrons. The number of carbonyl (C=O) groups is 2. The van der Waals surface area contributed by atoms with Crippen molar-refractivity contribution >= 4 is 29.2 Å². The second-order valence-electron chi connectivity index (χ2n) is 9.18. The zero-order valence-electron chi connectivity index (χ0n) is 18.8. The molecule has 3 aliphatic rings. The lowest BCUT2D eigenvalue weighted by molar-refractivity contribution is -0.110. The quantitative estimate of drug-likeness (QED) is 0.650. The number of likely N-dealkylation sites (N-methyl/N-ethyl adjacent to an activating group) is 1. The predicted molar refractivity (Wildman–Crippen MR) is 127 cm³/mol. The van der Waals surface area contributed by atoms with E-state index in [-0.39, 0.29) is 11.8 Å². The normalized spacial score (nSPS) is 21.1. The van der Waals surface area contributed by atoms with Crippen LogP contribution in [-0.4, -0.2) is 72.9 Å². The van der Waals surface area contributed by atoms with Gasteiger partial charge in [-0.3, -0.25) is 9.59 Å². The highest BCUT2D eigenvalue weighted by Crippen LogP contribution is 2.41. The van der Waals surface area contributed by atoms with Crippen LogP contribution in [0.3, 0.4) is 0 Å². The largest absolute Gasteiger partial charge is 0.351 e. The summed E-state index contributed by atoms with van der Waals surface area (Å²) in [5.41, 5.74) is 6.20. The minimum Gasteiger partial charge on any atom is -0.351 e. The molecule has 0 spiro atoms. The van der Waals surface area contributed by atoms with E-state index in [0.717, 1.165) is 74.6 Å². The van der Waals surface area contributed by atoms with Crippen LogP contribution in [-0.2, 0) is 4.79 Å². The molecule has 0 radical (unpaired) electrons. The van der Waals surface area contributed by atoms with Crippen molar-refractivity contribution < 1.29 is 9.59 Å². The lowest BCUT2D eigenvalue weighted by Gasteiger charge is -2.32. The number of anilines is 1. The fourth-order valence-corrected chi connectivity index (χ4v) is 5.05. The molecule has 1 aromatic heterocycles.